The molecule has 0 aliphatic carbocycles. The molecule has 0 saturated heterocycles. The Morgan fingerprint density at radius 3 is 2.75 bits per heavy atom. The fraction of sp³-hybridized carbons (Fsp3) is 0.133. The van der Waals surface area contributed by atoms with E-state index in [9.17, 15) is 9.90 Å². The molecule has 1 aromatic carbocycles. The summed E-state index contributed by atoms with van der Waals surface area (Å²) in [5.74, 6) is -0.177. The lowest BCUT2D eigenvalue weighted by Gasteiger charge is -2.20. The Kier molecular flexibility index (Phi) is 3.96. The van der Waals surface area contributed by atoms with E-state index in [0.717, 1.165) is 0 Å². The van der Waals surface area contributed by atoms with Gasteiger partial charge in [-0.05, 0) is 31.2 Å². The lowest BCUT2D eigenvalue weighted by molar-refractivity contribution is 0.0983. The second-order valence-electron chi connectivity index (χ2n) is 4.11. The van der Waals surface area contributed by atoms with Crippen molar-refractivity contribution in [3.05, 3.63) is 53.9 Å². The predicted octanol–water partition coefficient (Wildman–Crippen LogP) is 2.33. The van der Waals surface area contributed by atoms with Crippen molar-refractivity contribution < 1.29 is 9.90 Å². The normalized spacial score (nSPS) is 9.80. The number of pyridine rings is 1. The van der Waals surface area contributed by atoms with Crippen LogP contribution < -0.4 is 4.90 Å². The predicted molar refractivity (Wildman–Crippen MR) is 74.4 cm³/mol. The highest BCUT2D eigenvalue weighted by atomic mass is 16.3. The number of carbonyl (C=O) groups excluding carboxylic acids is 1. The molecule has 0 spiro atoms. The molecule has 1 N–H and O–H groups in total. The first-order chi connectivity index (χ1) is 9.65. The minimum absolute atomic E-state index is 0.0986. The van der Waals surface area contributed by atoms with E-state index in [1.54, 1.807) is 24.3 Å². The van der Waals surface area contributed by atoms with Crippen molar-refractivity contribution in [2.75, 3.05) is 11.4 Å². The van der Waals surface area contributed by atoms with Crippen molar-refractivity contribution in [3.63, 3.8) is 0 Å². The highest BCUT2D eigenvalue weighted by Gasteiger charge is 2.17. The third-order valence-electron chi connectivity index (χ3n) is 2.81. The Bertz CT molecular complexity index is 660. The fourth-order valence-corrected chi connectivity index (χ4v) is 1.83. The number of carbonyl (C=O) groups is 1. The number of nitrogens with zero attached hydrogens (tertiary/aromatic N) is 3. The second-order valence-corrected chi connectivity index (χ2v) is 4.11. The number of benzene rings is 1. The summed E-state index contributed by atoms with van der Waals surface area (Å²) in [5.41, 5.74) is 1.26. The van der Waals surface area contributed by atoms with Gasteiger partial charge >= 0.3 is 0 Å². The maximum atomic E-state index is 12.4. The molecule has 20 heavy (non-hydrogen) atoms. The number of rotatable bonds is 3. The molecule has 0 saturated carbocycles. The topological polar surface area (TPSA) is 77.2 Å². The maximum Gasteiger partial charge on any atom is 0.276 e. The van der Waals surface area contributed by atoms with E-state index in [1.165, 1.54) is 23.2 Å². The van der Waals surface area contributed by atoms with E-state index in [-0.39, 0.29) is 17.4 Å². The van der Waals surface area contributed by atoms with Crippen LogP contribution in [0, 0.1) is 11.3 Å². The number of amides is 1. The van der Waals surface area contributed by atoms with E-state index in [1.807, 2.05) is 13.0 Å². The zero-order valence-corrected chi connectivity index (χ0v) is 10.9. The van der Waals surface area contributed by atoms with Gasteiger partial charge in [-0.2, -0.15) is 5.26 Å². The van der Waals surface area contributed by atoms with Crippen LogP contribution in [-0.2, 0) is 0 Å². The lowest BCUT2D eigenvalue weighted by atomic mass is 10.2. The molecule has 1 aromatic heterocycles. The lowest BCUT2D eigenvalue weighted by Crippen LogP contribution is -2.31. The Labute approximate surface area is 116 Å². The van der Waals surface area contributed by atoms with Crippen molar-refractivity contribution in [2.24, 2.45) is 0 Å². The number of phenolic OH excluding ortho intramolecular Hbond substituents is 1. The standard InChI is InChI=1S/C15H13N3O2/c1-2-18(12-4-3-5-13(19)8-12)15(20)14-7-6-11(9-16)10-17-14/h3-8,10,19H,2H2,1H3. The number of aromatic nitrogens is 1. The number of nitriles is 1. The fourth-order valence-electron chi connectivity index (χ4n) is 1.83. The van der Waals surface area contributed by atoms with Gasteiger partial charge in [0.25, 0.3) is 5.91 Å². The van der Waals surface area contributed by atoms with E-state index >= 15 is 0 Å². The second kappa shape index (κ2) is 5.85. The van der Waals surface area contributed by atoms with Gasteiger partial charge in [-0.25, -0.2) is 4.98 Å². The maximum absolute atomic E-state index is 12.4. The molecule has 1 amide bonds. The molecule has 2 rings (SSSR count). The van der Waals surface area contributed by atoms with Crippen LogP contribution >= 0.6 is 0 Å². The van der Waals surface area contributed by atoms with Gasteiger partial charge in [0.2, 0.25) is 0 Å². The quantitative estimate of drug-likeness (QED) is 0.925. The van der Waals surface area contributed by atoms with Gasteiger partial charge in [0, 0.05) is 24.5 Å². The SMILES string of the molecule is CCN(C(=O)c1ccc(C#N)cn1)c1cccc(O)c1. The van der Waals surface area contributed by atoms with Crippen molar-refractivity contribution in [1.82, 2.24) is 4.98 Å². The van der Waals surface area contributed by atoms with Crippen LogP contribution in [0.5, 0.6) is 5.75 Å². The van der Waals surface area contributed by atoms with Crippen LogP contribution in [-0.4, -0.2) is 22.5 Å². The zero-order chi connectivity index (χ0) is 14.5. The van der Waals surface area contributed by atoms with Crippen molar-refractivity contribution >= 4 is 11.6 Å². The summed E-state index contributed by atoms with van der Waals surface area (Å²) in [6.07, 6.45) is 1.36. The molecule has 5 nitrogen and oxygen atoms in total. The average molecular weight is 267 g/mol. The molecule has 0 radical (unpaired) electrons. The van der Waals surface area contributed by atoms with Gasteiger partial charge in [-0.1, -0.05) is 6.07 Å². The summed E-state index contributed by atoms with van der Waals surface area (Å²) in [6, 6.07) is 11.5. The van der Waals surface area contributed by atoms with Gasteiger partial charge in [-0.15, -0.1) is 0 Å². The molecule has 1 heterocycles. The molecule has 0 aliphatic rings. The van der Waals surface area contributed by atoms with Crippen LogP contribution in [0.15, 0.2) is 42.6 Å². The molecular weight excluding hydrogens is 254 g/mol. The van der Waals surface area contributed by atoms with Crippen LogP contribution in [0.4, 0.5) is 5.69 Å². The van der Waals surface area contributed by atoms with Crippen molar-refractivity contribution in [3.8, 4) is 11.8 Å². The molecular formula is C15H13N3O2. The van der Waals surface area contributed by atoms with E-state index in [4.69, 9.17) is 5.26 Å². The third-order valence-corrected chi connectivity index (χ3v) is 2.81. The number of aromatic hydroxyl groups is 1. The number of anilines is 1. The monoisotopic (exact) mass is 267 g/mol. The zero-order valence-electron chi connectivity index (χ0n) is 10.9. The number of hydrogen-bond acceptors (Lipinski definition) is 4. The summed E-state index contributed by atoms with van der Waals surface area (Å²) in [5, 5.41) is 18.2. The van der Waals surface area contributed by atoms with Gasteiger partial charge in [-0.3, -0.25) is 4.79 Å². The van der Waals surface area contributed by atoms with Gasteiger partial charge in [0.15, 0.2) is 0 Å². The summed E-state index contributed by atoms with van der Waals surface area (Å²) >= 11 is 0. The molecule has 0 unspecified atom stereocenters. The summed E-state index contributed by atoms with van der Waals surface area (Å²) < 4.78 is 0. The van der Waals surface area contributed by atoms with E-state index in [2.05, 4.69) is 4.98 Å². The van der Waals surface area contributed by atoms with Crippen LogP contribution in [0.3, 0.4) is 0 Å². The number of hydrogen-bond donors (Lipinski definition) is 1. The molecule has 5 heteroatoms. The van der Waals surface area contributed by atoms with E-state index in [0.29, 0.717) is 17.8 Å². The van der Waals surface area contributed by atoms with Gasteiger partial charge in [0.05, 0.1) is 5.56 Å². The molecule has 0 bridgehead atoms. The Balaban J connectivity index is 2.31. The third kappa shape index (κ3) is 2.75. The minimum Gasteiger partial charge on any atom is -0.508 e. The Hall–Kier alpha value is -2.87. The number of phenols is 1. The van der Waals surface area contributed by atoms with Crippen molar-refractivity contribution in [1.29, 1.82) is 5.26 Å². The van der Waals surface area contributed by atoms with Crippen molar-refractivity contribution in [2.45, 2.75) is 6.92 Å². The van der Waals surface area contributed by atoms with Gasteiger partial charge < -0.3 is 10.0 Å². The highest BCUT2D eigenvalue weighted by molar-refractivity contribution is 6.04. The molecule has 2 aromatic rings. The van der Waals surface area contributed by atoms with E-state index < -0.39 is 0 Å². The molecule has 0 atom stereocenters. The van der Waals surface area contributed by atoms with Crippen LogP contribution in [0.25, 0.3) is 0 Å². The summed E-state index contributed by atoms with van der Waals surface area (Å²) in [6.45, 7) is 2.29. The van der Waals surface area contributed by atoms with Crippen LogP contribution in [0.1, 0.15) is 23.0 Å². The first kappa shape index (κ1) is 13.6. The Morgan fingerprint density at radius 2 is 2.20 bits per heavy atom. The van der Waals surface area contributed by atoms with Gasteiger partial charge in [0.1, 0.15) is 17.5 Å². The Morgan fingerprint density at radius 1 is 1.40 bits per heavy atom. The summed E-state index contributed by atoms with van der Waals surface area (Å²) in [7, 11) is 0. The van der Waals surface area contributed by atoms with Crippen LogP contribution in [0.2, 0.25) is 0 Å². The summed E-state index contributed by atoms with van der Waals surface area (Å²) in [4.78, 5) is 17.9. The highest BCUT2D eigenvalue weighted by Crippen LogP contribution is 2.21. The largest absolute Gasteiger partial charge is 0.508 e. The molecule has 0 fully saturated rings. The first-order valence-electron chi connectivity index (χ1n) is 6.12. The first-order valence-corrected chi connectivity index (χ1v) is 6.12. The minimum atomic E-state index is -0.275. The molecule has 0 aliphatic heterocycles. The average Bonchev–Trinajstić information content (AvgIpc) is 2.48. The molecule has 100 valence electrons. The smallest absolute Gasteiger partial charge is 0.276 e.